The van der Waals surface area contributed by atoms with Gasteiger partial charge in [0.05, 0.1) is 17.6 Å². The third-order valence-electron chi connectivity index (χ3n) is 4.13. The Hall–Kier alpha value is -2.33. The first-order valence-corrected chi connectivity index (χ1v) is 8.59. The van der Waals surface area contributed by atoms with Crippen LogP contribution in [-0.4, -0.2) is 23.7 Å². The molecule has 0 fully saturated rings. The first-order valence-electron chi connectivity index (χ1n) is 8.59. The molecule has 0 spiro atoms. The standard InChI is InChI=1S/C21H27NO3/c1-15(2)25-18-12-8-9-16(13-18)19(23)14-22-20(24)21(3,4)17-10-6-5-7-11-17/h5-13,15,19,23H,14H2,1-4H3,(H,22,24). The molecule has 1 unspecified atom stereocenters. The van der Waals surface area contributed by atoms with Gasteiger partial charge in [0.15, 0.2) is 0 Å². The molecule has 0 heterocycles. The van der Waals surface area contributed by atoms with Gasteiger partial charge >= 0.3 is 0 Å². The maximum absolute atomic E-state index is 12.6. The van der Waals surface area contributed by atoms with E-state index in [9.17, 15) is 9.90 Å². The van der Waals surface area contributed by atoms with Gasteiger partial charge in [-0.05, 0) is 51.0 Å². The zero-order valence-electron chi connectivity index (χ0n) is 15.3. The summed E-state index contributed by atoms with van der Waals surface area (Å²) in [6, 6.07) is 16.9. The molecule has 4 heteroatoms. The summed E-state index contributed by atoms with van der Waals surface area (Å²) in [6.45, 7) is 7.81. The van der Waals surface area contributed by atoms with Gasteiger partial charge in [-0.1, -0.05) is 42.5 Å². The number of rotatable bonds is 7. The SMILES string of the molecule is CC(C)Oc1cccc(C(O)CNC(=O)C(C)(C)c2ccccc2)c1. The predicted octanol–water partition coefficient (Wildman–Crippen LogP) is 3.60. The normalized spacial score (nSPS) is 12.7. The number of aliphatic hydroxyl groups is 1. The summed E-state index contributed by atoms with van der Waals surface area (Å²) >= 11 is 0. The number of ether oxygens (including phenoxy) is 1. The molecule has 2 rings (SSSR count). The van der Waals surface area contributed by atoms with Crippen molar-refractivity contribution in [1.29, 1.82) is 0 Å². The fourth-order valence-electron chi connectivity index (χ4n) is 2.58. The molecule has 0 aromatic heterocycles. The largest absolute Gasteiger partial charge is 0.491 e. The topological polar surface area (TPSA) is 58.6 Å². The van der Waals surface area contributed by atoms with Crippen LogP contribution in [0.5, 0.6) is 5.75 Å². The number of benzene rings is 2. The Morgan fingerprint density at radius 3 is 2.44 bits per heavy atom. The molecule has 0 bridgehead atoms. The lowest BCUT2D eigenvalue weighted by atomic mass is 9.83. The van der Waals surface area contributed by atoms with Crippen LogP contribution in [0.1, 0.15) is 44.9 Å². The van der Waals surface area contributed by atoms with E-state index in [1.807, 2.05) is 76.2 Å². The Bertz CT molecular complexity index is 695. The third kappa shape index (κ3) is 5.07. The number of amides is 1. The average Bonchev–Trinajstić information content (AvgIpc) is 2.59. The molecule has 2 N–H and O–H groups in total. The minimum atomic E-state index is -0.786. The van der Waals surface area contributed by atoms with Gasteiger partial charge in [0.2, 0.25) is 5.91 Å². The van der Waals surface area contributed by atoms with Crippen LogP contribution in [0, 0.1) is 0 Å². The number of carbonyl (C=O) groups excluding carboxylic acids is 1. The van der Waals surface area contributed by atoms with Crippen molar-refractivity contribution >= 4 is 5.91 Å². The molecule has 0 saturated heterocycles. The maximum Gasteiger partial charge on any atom is 0.230 e. The van der Waals surface area contributed by atoms with Gasteiger partial charge in [0.25, 0.3) is 0 Å². The molecule has 25 heavy (non-hydrogen) atoms. The average molecular weight is 341 g/mol. The van der Waals surface area contributed by atoms with Gasteiger partial charge in [-0.25, -0.2) is 0 Å². The van der Waals surface area contributed by atoms with E-state index in [0.717, 1.165) is 11.1 Å². The number of carbonyl (C=O) groups is 1. The lowest BCUT2D eigenvalue weighted by Crippen LogP contribution is -2.41. The van der Waals surface area contributed by atoms with Crippen LogP contribution in [0.3, 0.4) is 0 Å². The van der Waals surface area contributed by atoms with Crippen molar-refractivity contribution in [3.63, 3.8) is 0 Å². The summed E-state index contributed by atoms with van der Waals surface area (Å²) in [5, 5.41) is 13.2. The highest BCUT2D eigenvalue weighted by Gasteiger charge is 2.29. The molecule has 134 valence electrons. The zero-order chi connectivity index (χ0) is 18.4. The molecular formula is C21H27NO3. The highest BCUT2D eigenvalue weighted by Crippen LogP contribution is 2.24. The Morgan fingerprint density at radius 2 is 1.80 bits per heavy atom. The van der Waals surface area contributed by atoms with Crippen molar-refractivity contribution in [3.05, 3.63) is 65.7 Å². The Kier molecular flexibility index (Phi) is 6.21. The smallest absolute Gasteiger partial charge is 0.230 e. The van der Waals surface area contributed by atoms with Gasteiger partial charge in [-0.3, -0.25) is 4.79 Å². The van der Waals surface area contributed by atoms with E-state index in [1.54, 1.807) is 6.07 Å². The summed E-state index contributed by atoms with van der Waals surface area (Å²) in [4.78, 5) is 12.6. The summed E-state index contributed by atoms with van der Waals surface area (Å²) in [6.07, 6.45) is -0.718. The van der Waals surface area contributed by atoms with Crippen molar-refractivity contribution in [2.24, 2.45) is 0 Å². The van der Waals surface area contributed by atoms with Crippen LogP contribution in [-0.2, 0) is 10.2 Å². The van der Waals surface area contributed by atoms with E-state index in [0.29, 0.717) is 5.75 Å². The first kappa shape index (κ1) is 19.0. The fourth-order valence-corrected chi connectivity index (χ4v) is 2.58. The molecule has 0 aliphatic heterocycles. The maximum atomic E-state index is 12.6. The van der Waals surface area contributed by atoms with Crippen LogP contribution in [0.15, 0.2) is 54.6 Å². The number of hydrogen-bond donors (Lipinski definition) is 2. The Balaban J connectivity index is 1.99. The van der Waals surface area contributed by atoms with Crippen LogP contribution < -0.4 is 10.1 Å². The van der Waals surface area contributed by atoms with Gasteiger partial charge < -0.3 is 15.2 Å². The first-order chi connectivity index (χ1) is 11.8. The summed E-state index contributed by atoms with van der Waals surface area (Å²) in [5.41, 5.74) is 0.995. The molecule has 0 saturated carbocycles. The highest BCUT2D eigenvalue weighted by atomic mass is 16.5. The van der Waals surface area contributed by atoms with Crippen molar-refractivity contribution in [2.75, 3.05) is 6.54 Å². The van der Waals surface area contributed by atoms with Crippen LogP contribution in [0.25, 0.3) is 0 Å². The predicted molar refractivity (Wildman–Crippen MR) is 99.6 cm³/mol. The van der Waals surface area contributed by atoms with Gasteiger partial charge in [0, 0.05) is 6.54 Å². The van der Waals surface area contributed by atoms with Crippen molar-refractivity contribution in [1.82, 2.24) is 5.32 Å². The van der Waals surface area contributed by atoms with E-state index in [2.05, 4.69) is 5.32 Å². The van der Waals surface area contributed by atoms with E-state index < -0.39 is 11.5 Å². The summed E-state index contributed by atoms with van der Waals surface area (Å²) in [7, 11) is 0. The van der Waals surface area contributed by atoms with Gasteiger partial charge in [0.1, 0.15) is 5.75 Å². The van der Waals surface area contributed by atoms with E-state index in [4.69, 9.17) is 4.74 Å². The number of hydrogen-bond acceptors (Lipinski definition) is 3. The molecule has 1 amide bonds. The molecule has 0 aliphatic carbocycles. The molecule has 2 aromatic carbocycles. The minimum Gasteiger partial charge on any atom is -0.491 e. The molecular weight excluding hydrogens is 314 g/mol. The molecule has 1 atom stereocenters. The van der Waals surface area contributed by atoms with E-state index >= 15 is 0 Å². The molecule has 2 aromatic rings. The van der Waals surface area contributed by atoms with E-state index in [1.165, 1.54) is 0 Å². The molecule has 0 aliphatic rings. The Morgan fingerprint density at radius 1 is 1.12 bits per heavy atom. The van der Waals surface area contributed by atoms with E-state index in [-0.39, 0.29) is 18.6 Å². The minimum absolute atomic E-state index is 0.0683. The van der Waals surface area contributed by atoms with Gasteiger partial charge in [-0.2, -0.15) is 0 Å². The second-order valence-corrected chi connectivity index (χ2v) is 6.96. The second-order valence-electron chi connectivity index (χ2n) is 6.96. The summed E-state index contributed by atoms with van der Waals surface area (Å²) in [5.74, 6) is 0.592. The Labute approximate surface area is 149 Å². The number of aliphatic hydroxyl groups excluding tert-OH is 1. The third-order valence-corrected chi connectivity index (χ3v) is 4.13. The van der Waals surface area contributed by atoms with Gasteiger partial charge in [-0.15, -0.1) is 0 Å². The molecule has 4 nitrogen and oxygen atoms in total. The van der Waals surface area contributed by atoms with Crippen LogP contribution in [0.4, 0.5) is 0 Å². The van der Waals surface area contributed by atoms with Crippen molar-refractivity contribution < 1.29 is 14.6 Å². The monoisotopic (exact) mass is 341 g/mol. The zero-order valence-corrected chi connectivity index (χ0v) is 15.3. The molecule has 0 radical (unpaired) electrons. The lowest BCUT2D eigenvalue weighted by Gasteiger charge is -2.25. The quantitative estimate of drug-likeness (QED) is 0.809. The highest BCUT2D eigenvalue weighted by molar-refractivity contribution is 5.87. The van der Waals surface area contributed by atoms with Crippen molar-refractivity contribution in [3.8, 4) is 5.75 Å². The summed E-state index contributed by atoms with van der Waals surface area (Å²) < 4.78 is 5.64. The van der Waals surface area contributed by atoms with Crippen LogP contribution in [0.2, 0.25) is 0 Å². The van der Waals surface area contributed by atoms with Crippen molar-refractivity contribution in [2.45, 2.75) is 45.3 Å². The lowest BCUT2D eigenvalue weighted by molar-refractivity contribution is -0.126. The fraction of sp³-hybridized carbons (Fsp3) is 0.381. The second kappa shape index (κ2) is 8.17. The van der Waals surface area contributed by atoms with Crippen LogP contribution >= 0.6 is 0 Å². The number of nitrogens with one attached hydrogen (secondary N) is 1.